The van der Waals surface area contributed by atoms with Crippen LogP contribution in [-0.2, 0) is 9.59 Å². The Morgan fingerprint density at radius 2 is 2.00 bits per heavy atom. The molecule has 0 heterocycles. The number of nitrogens with zero attached hydrogens (tertiary/aromatic N) is 1. The van der Waals surface area contributed by atoms with Gasteiger partial charge in [-0.3, -0.25) is 9.59 Å². The number of benzene rings is 1. The number of rotatable bonds is 6. The summed E-state index contributed by atoms with van der Waals surface area (Å²) in [6.07, 6.45) is -0.0241. The van der Waals surface area contributed by atoms with Gasteiger partial charge in [0.2, 0.25) is 5.91 Å². The monoisotopic (exact) mass is 285 g/mol. The molecule has 0 saturated heterocycles. The summed E-state index contributed by atoms with van der Waals surface area (Å²) in [5.74, 6) is -3.30. The van der Waals surface area contributed by atoms with E-state index in [-0.39, 0.29) is 31.0 Å². The van der Waals surface area contributed by atoms with Crippen LogP contribution in [0.4, 0.5) is 8.78 Å². The van der Waals surface area contributed by atoms with Crippen molar-refractivity contribution in [2.45, 2.75) is 26.2 Å². The lowest BCUT2D eigenvalue weighted by atomic mass is 9.96. The molecule has 20 heavy (non-hydrogen) atoms. The topological polar surface area (TPSA) is 57.6 Å². The number of likely N-dealkylation sites (N-methyl/N-ethyl adjacent to an activating group) is 1. The average molecular weight is 285 g/mol. The van der Waals surface area contributed by atoms with Crippen molar-refractivity contribution >= 4 is 11.9 Å². The Morgan fingerprint density at radius 1 is 1.35 bits per heavy atom. The zero-order valence-electron chi connectivity index (χ0n) is 11.4. The summed E-state index contributed by atoms with van der Waals surface area (Å²) in [4.78, 5) is 23.7. The smallest absolute Gasteiger partial charge is 0.323 e. The maximum atomic E-state index is 13.6. The summed E-state index contributed by atoms with van der Waals surface area (Å²) in [7, 11) is 0. The molecule has 1 N–H and O–H groups in total. The van der Waals surface area contributed by atoms with E-state index in [9.17, 15) is 18.4 Å². The van der Waals surface area contributed by atoms with E-state index < -0.39 is 23.5 Å². The Balaban J connectivity index is 2.76. The number of aliphatic carboxylic acids is 1. The molecule has 1 aromatic carbocycles. The van der Waals surface area contributed by atoms with Crippen molar-refractivity contribution in [1.29, 1.82) is 0 Å². The van der Waals surface area contributed by atoms with E-state index in [1.54, 1.807) is 13.8 Å². The van der Waals surface area contributed by atoms with Gasteiger partial charge in [0, 0.05) is 19.0 Å². The van der Waals surface area contributed by atoms with Crippen LogP contribution in [0.25, 0.3) is 0 Å². The molecule has 4 nitrogen and oxygen atoms in total. The minimum absolute atomic E-state index is 0.0241. The molecule has 110 valence electrons. The highest BCUT2D eigenvalue weighted by molar-refractivity contribution is 5.81. The van der Waals surface area contributed by atoms with Crippen LogP contribution in [0.3, 0.4) is 0 Å². The Kier molecular flexibility index (Phi) is 5.61. The third kappa shape index (κ3) is 4.29. The van der Waals surface area contributed by atoms with Gasteiger partial charge >= 0.3 is 5.97 Å². The first kappa shape index (κ1) is 16.1. The first-order chi connectivity index (χ1) is 9.35. The standard InChI is InChI=1S/C14H17F2NO3/c1-3-17(8-14(19)20)13(18)6-9(2)11-5-4-10(15)7-12(11)16/h4-5,7,9H,3,6,8H2,1-2H3,(H,19,20). The minimum atomic E-state index is -1.10. The van der Waals surface area contributed by atoms with Gasteiger partial charge in [-0.25, -0.2) is 8.78 Å². The summed E-state index contributed by atoms with van der Waals surface area (Å²) in [6.45, 7) is 3.20. The molecule has 1 rings (SSSR count). The normalized spacial score (nSPS) is 12.0. The van der Waals surface area contributed by atoms with Crippen molar-refractivity contribution in [2.24, 2.45) is 0 Å². The van der Waals surface area contributed by atoms with Crippen LogP contribution in [0.1, 0.15) is 31.7 Å². The fourth-order valence-electron chi connectivity index (χ4n) is 1.94. The molecule has 0 saturated carbocycles. The largest absolute Gasteiger partial charge is 0.480 e. The molecule has 0 aliphatic carbocycles. The zero-order valence-corrected chi connectivity index (χ0v) is 11.4. The molecule has 0 fully saturated rings. The highest BCUT2D eigenvalue weighted by atomic mass is 19.1. The predicted octanol–water partition coefficient (Wildman–Crippen LogP) is 2.39. The van der Waals surface area contributed by atoms with Crippen LogP contribution in [-0.4, -0.2) is 35.0 Å². The van der Waals surface area contributed by atoms with Crippen molar-refractivity contribution in [3.8, 4) is 0 Å². The summed E-state index contributed by atoms with van der Waals surface area (Å²) < 4.78 is 26.4. The van der Waals surface area contributed by atoms with E-state index in [4.69, 9.17) is 5.11 Å². The van der Waals surface area contributed by atoms with E-state index >= 15 is 0 Å². The van der Waals surface area contributed by atoms with E-state index in [1.165, 1.54) is 11.0 Å². The zero-order chi connectivity index (χ0) is 15.3. The predicted molar refractivity (Wildman–Crippen MR) is 69.3 cm³/mol. The molecular weight excluding hydrogens is 268 g/mol. The Hall–Kier alpha value is -1.98. The quantitative estimate of drug-likeness (QED) is 0.873. The summed E-state index contributed by atoms with van der Waals surface area (Å²) in [5.41, 5.74) is 0.242. The third-order valence-electron chi connectivity index (χ3n) is 3.03. The summed E-state index contributed by atoms with van der Waals surface area (Å²) in [6, 6.07) is 3.20. The van der Waals surface area contributed by atoms with Crippen molar-refractivity contribution in [3.63, 3.8) is 0 Å². The number of halogens is 2. The number of hydrogen-bond acceptors (Lipinski definition) is 2. The maximum absolute atomic E-state index is 13.6. The second-order valence-corrected chi connectivity index (χ2v) is 4.57. The minimum Gasteiger partial charge on any atom is -0.480 e. The van der Waals surface area contributed by atoms with Crippen LogP contribution in [0, 0.1) is 11.6 Å². The number of hydrogen-bond donors (Lipinski definition) is 1. The van der Waals surface area contributed by atoms with Gasteiger partial charge in [-0.1, -0.05) is 13.0 Å². The molecule has 0 spiro atoms. The second kappa shape index (κ2) is 6.98. The van der Waals surface area contributed by atoms with Crippen LogP contribution in [0.5, 0.6) is 0 Å². The van der Waals surface area contributed by atoms with Crippen LogP contribution in [0.15, 0.2) is 18.2 Å². The molecule has 0 aliphatic rings. The van der Waals surface area contributed by atoms with Crippen molar-refractivity contribution < 1.29 is 23.5 Å². The fraction of sp³-hybridized carbons (Fsp3) is 0.429. The molecule has 0 aromatic heterocycles. The lowest BCUT2D eigenvalue weighted by Gasteiger charge is -2.21. The van der Waals surface area contributed by atoms with Crippen molar-refractivity contribution in [2.75, 3.05) is 13.1 Å². The molecule has 1 amide bonds. The molecule has 1 unspecified atom stereocenters. The fourth-order valence-corrected chi connectivity index (χ4v) is 1.94. The van der Waals surface area contributed by atoms with Gasteiger partial charge in [-0.05, 0) is 24.5 Å². The van der Waals surface area contributed by atoms with E-state index in [1.807, 2.05) is 0 Å². The highest BCUT2D eigenvalue weighted by Crippen LogP contribution is 2.23. The van der Waals surface area contributed by atoms with Gasteiger partial charge in [0.1, 0.15) is 18.2 Å². The van der Waals surface area contributed by atoms with Gasteiger partial charge in [0.25, 0.3) is 0 Å². The summed E-state index contributed by atoms with van der Waals surface area (Å²) >= 11 is 0. The molecule has 1 aromatic rings. The third-order valence-corrected chi connectivity index (χ3v) is 3.03. The highest BCUT2D eigenvalue weighted by Gasteiger charge is 2.20. The molecular formula is C14H17F2NO3. The van der Waals surface area contributed by atoms with Crippen LogP contribution in [0.2, 0.25) is 0 Å². The Morgan fingerprint density at radius 3 is 2.50 bits per heavy atom. The number of carboxylic acid groups (broad SMARTS) is 1. The van der Waals surface area contributed by atoms with E-state index in [0.29, 0.717) is 0 Å². The average Bonchev–Trinajstić information content (AvgIpc) is 2.35. The van der Waals surface area contributed by atoms with Crippen molar-refractivity contribution in [1.82, 2.24) is 4.90 Å². The second-order valence-electron chi connectivity index (χ2n) is 4.57. The van der Waals surface area contributed by atoms with Crippen molar-refractivity contribution in [3.05, 3.63) is 35.4 Å². The lowest BCUT2D eigenvalue weighted by Crippen LogP contribution is -2.36. The number of carboxylic acids is 1. The van der Waals surface area contributed by atoms with Crippen LogP contribution >= 0.6 is 0 Å². The maximum Gasteiger partial charge on any atom is 0.323 e. The van der Waals surface area contributed by atoms with Gasteiger partial charge < -0.3 is 10.0 Å². The van der Waals surface area contributed by atoms with E-state index in [0.717, 1.165) is 12.1 Å². The van der Waals surface area contributed by atoms with E-state index in [2.05, 4.69) is 0 Å². The Bertz CT molecular complexity index is 505. The molecule has 0 radical (unpaired) electrons. The first-order valence-corrected chi connectivity index (χ1v) is 6.29. The number of amides is 1. The molecule has 0 aliphatic heterocycles. The van der Waals surface area contributed by atoms with Gasteiger partial charge in [0.15, 0.2) is 0 Å². The number of carbonyl (C=O) groups is 2. The molecule has 6 heteroatoms. The Labute approximate surface area is 116 Å². The van der Waals surface area contributed by atoms with Gasteiger partial charge in [0.05, 0.1) is 0 Å². The molecule has 1 atom stereocenters. The number of carbonyl (C=O) groups excluding carboxylic acids is 1. The molecule has 0 bridgehead atoms. The summed E-state index contributed by atoms with van der Waals surface area (Å²) in [5, 5.41) is 8.69. The first-order valence-electron chi connectivity index (χ1n) is 6.29. The van der Waals surface area contributed by atoms with Gasteiger partial charge in [-0.2, -0.15) is 0 Å². The van der Waals surface area contributed by atoms with Gasteiger partial charge in [-0.15, -0.1) is 0 Å². The SMILES string of the molecule is CCN(CC(=O)O)C(=O)CC(C)c1ccc(F)cc1F. The lowest BCUT2D eigenvalue weighted by molar-refractivity contribution is -0.144. The van der Waals surface area contributed by atoms with Crippen LogP contribution < -0.4 is 0 Å².